The number of benzene rings is 2. The molecule has 0 radical (unpaired) electrons. The summed E-state index contributed by atoms with van der Waals surface area (Å²) in [6.07, 6.45) is 0. The van der Waals surface area contributed by atoms with Gasteiger partial charge in [-0.1, -0.05) is 23.5 Å². The summed E-state index contributed by atoms with van der Waals surface area (Å²) >= 11 is 1.71. The summed E-state index contributed by atoms with van der Waals surface area (Å²) in [7, 11) is 0. The third-order valence-electron chi connectivity index (χ3n) is 3.29. The van der Waals surface area contributed by atoms with E-state index in [4.69, 9.17) is 0 Å². The lowest BCUT2D eigenvalue weighted by Gasteiger charge is -1.98. The van der Waals surface area contributed by atoms with Crippen molar-refractivity contribution in [3.8, 4) is 0 Å². The van der Waals surface area contributed by atoms with Crippen LogP contribution in [-0.2, 0) is 6.54 Å². The predicted molar refractivity (Wildman–Crippen MR) is 79.0 cm³/mol. The molecule has 0 aliphatic carbocycles. The smallest absolute Gasteiger partial charge is 0.269 e. The Hall–Kier alpha value is -1.79. The fourth-order valence-electron chi connectivity index (χ4n) is 2.30. The second-order valence-electron chi connectivity index (χ2n) is 4.70. The molecular weight excluding hydrogens is 352 g/mol. The number of aryl methyl sites for hydroxylation is 1. The lowest BCUT2D eigenvalue weighted by molar-refractivity contribution is -0.658. The van der Waals surface area contributed by atoms with E-state index in [9.17, 15) is 10.1 Å². The summed E-state index contributed by atoms with van der Waals surface area (Å²) in [4.78, 5) is 10.3. The van der Waals surface area contributed by atoms with Crippen LogP contribution in [0.25, 0.3) is 10.2 Å². The largest absolute Gasteiger partial charge is 1.00 e. The summed E-state index contributed by atoms with van der Waals surface area (Å²) in [5.41, 5.74) is 5.76. The van der Waals surface area contributed by atoms with Gasteiger partial charge < -0.3 is 17.0 Å². The van der Waals surface area contributed by atoms with Gasteiger partial charge in [-0.05, 0) is 25.1 Å². The lowest BCUT2D eigenvalue weighted by atomic mass is 10.2. The lowest BCUT2D eigenvalue weighted by Crippen LogP contribution is -3.00. The van der Waals surface area contributed by atoms with E-state index in [0.717, 1.165) is 12.1 Å². The molecule has 4 nitrogen and oxygen atoms in total. The van der Waals surface area contributed by atoms with Crippen LogP contribution in [0.4, 0.5) is 5.69 Å². The van der Waals surface area contributed by atoms with E-state index in [0.29, 0.717) is 0 Å². The molecule has 0 amide bonds. The number of nitro groups is 1. The van der Waals surface area contributed by atoms with Gasteiger partial charge in [-0.2, -0.15) is 4.57 Å². The first-order chi connectivity index (χ1) is 9.65. The molecule has 0 N–H and O–H groups in total. The quantitative estimate of drug-likeness (QED) is 0.385. The molecule has 0 unspecified atom stereocenters. The summed E-state index contributed by atoms with van der Waals surface area (Å²) in [6.45, 7) is 2.82. The van der Waals surface area contributed by atoms with Crippen LogP contribution >= 0.6 is 11.3 Å². The maximum absolute atomic E-state index is 10.7. The minimum Gasteiger partial charge on any atom is -1.00 e. The van der Waals surface area contributed by atoms with Crippen molar-refractivity contribution in [2.75, 3.05) is 0 Å². The van der Waals surface area contributed by atoms with Crippen LogP contribution in [0, 0.1) is 17.0 Å². The highest BCUT2D eigenvalue weighted by atomic mass is 79.9. The number of fused-ring (bicyclic) bond motifs is 1. The van der Waals surface area contributed by atoms with Crippen LogP contribution in [0.5, 0.6) is 0 Å². The third kappa shape index (κ3) is 3.11. The van der Waals surface area contributed by atoms with Crippen LogP contribution in [-0.4, -0.2) is 4.92 Å². The van der Waals surface area contributed by atoms with Crippen molar-refractivity contribution in [2.24, 2.45) is 0 Å². The van der Waals surface area contributed by atoms with Crippen molar-refractivity contribution in [2.45, 2.75) is 13.5 Å². The molecule has 3 rings (SSSR count). The second-order valence-corrected chi connectivity index (χ2v) is 5.58. The van der Waals surface area contributed by atoms with E-state index in [1.807, 2.05) is 12.1 Å². The van der Waals surface area contributed by atoms with Gasteiger partial charge in [0.1, 0.15) is 4.70 Å². The van der Waals surface area contributed by atoms with E-state index in [2.05, 4.69) is 35.2 Å². The average molecular weight is 365 g/mol. The Morgan fingerprint density at radius 3 is 2.57 bits per heavy atom. The fraction of sp³-hybridized carbons (Fsp3) is 0.133. The number of nitrogens with zero attached hydrogens (tertiary/aromatic N) is 2. The molecule has 6 heteroatoms. The molecule has 1 aromatic heterocycles. The second kappa shape index (κ2) is 6.32. The third-order valence-corrected chi connectivity index (χ3v) is 4.24. The molecule has 0 atom stereocenters. The zero-order chi connectivity index (χ0) is 14.1. The summed E-state index contributed by atoms with van der Waals surface area (Å²) in [5.74, 6) is 0. The highest BCUT2D eigenvalue weighted by Gasteiger charge is 2.15. The summed E-state index contributed by atoms with van der Waals surface area (Å²) in [6, 6.07) is 13.0. The first kappa shape index (κ1) is 15.6. The number of hydrogen-bond donors (Lipinski definition) is 0. The zero-order valence-electron chi connectivity index (χ0n) is 11.3. The van der Waals surface area contributed by atoms with Gasteiger partial charge >= 0.3 is 0 Å². The normalized spacial score (nSPS) is 10.3. The molecule has 3 aromatic rings. The summed E-state index contributed by atoms with van der Waals surface area (Å²) in [5, 5.41) is 10.7. The molecule has 0 saturated carbocycles. The number of nitro benzene ring substituents is 1. The highest BCUT2D eigenvalue weighted by molar-refractivity contribution is 7.16. The molecule has 1 heterocycles. The number of aromatic nitrogens is 1. The van der Waals surface area contributed by atoms with Gasteiger partial charge in [0.2, 0.25) is 11.0 Å². The van der Waals surface area contributed by atoms with Crippen molar-refractivity contribution in [3.63, 3.8) is 0 Å². The molecule has 0 aliphatic rings. The van der Waals surface area contributed by atoms with Gasteiger partial charge in [0.25, 0.3) is 5.69 Å². The molecule has 0 fully saturated rings. The molecule has 0 saturated heterocycles. The van der Waals surface area contributed by atoms with Crippen LogP contribution in [0.2, 0.25) is 0 Å². The molecule has 108 valence electrons. The standard InChI is InChI=1S/C15H13N2O2S.BrH/c1-11-3-2-4-14-15(11)16(10-20-14)9-12-5-7-13(8-6-12)17(18)19;/h2-8,10H,9H2,1H3;1H/q+1;/p-1. The van der Waals surface area contributed by atoms with Crippen LogP contribution in [0.1, 0.15) is 11.1 Å². The van der Waals surface area contributed by atoms with Gasteiger partial charge in [-0.3, -0.25) is 10.1 Å². The molecular formula is C15H13BrN2O2S. The number of hydrogen-bond acceptors (Lipinski definition) is 3. The number of halogens is 1. The summed E-state index contributed by atoms with van der Waals surface area (Å²) < 4.78 is 3.45. The van der Waals surface area contributed by atoms with Crippen LogP contribution in [0.3, 0.4) is 0 Å². The highest BCUT2D eigenvalue weighted by Crippen LogP contribution is 2.20. The Morgan fingerprint density at radius 2 is 1.90 bits per heavy atom. The monoisotopic (exact) mass is 364 g/mol. The molecule has 0 spiro atoms. The molecule has 0 bridgehead atoms. The van der Waals surface area contributed by atoms with E-state index in [-0.39, 0.29) is 27.6 Å². The predicted octanol–water partition coefficient (Wildman–Crippen LogP) is 0.458. The van der Waals surface area contributed by atoms with Crippen molar-refractivity contribution in [3.05, 3.63) is 69.2 Å². The van der Waals surface area contributed by atoms with Crippen molar-refractivity contribution < 1.29 is 26.5 Å². The SMILES string of the molecule is Cc1cccc2sc[n+](Cc3ccc([N+](=O)[O-])cc3)c12.[Br-]. The Labute approximate surface area is 136 Å². The van der Waals surface area contributed by atoms with E-state index < -0.39 is 0 Å². The minimum absolute atomic E-state index is 0. The van der Waals surface area contributed by atoms with Gasteiger partial charge in [0.05, 0.1) is 4.92 Å². The molecule has 0 aliphatic heterocycles. The van der Waals surface area contributed by atoms with E-state index in [1.54, 1.807) is 23.5 Å². The van der Waals surface area contributed by atoms with Crippen molar-refractivity contribution >= 4 is 27.2 Å². The molecule has 21 heavy (non-hydrogen) atoms. The topological polar surface area (TPSA) is 47.0 Å². The first-order valence-corrected chi connectivity index (χ1v) is 7.13. The average Bonchev–Trinajstić information content (AvgIpc) is 2.84. The van der Waals surface area contributed by atoms with Crippen LogP contribution in [0.15, 0.2) is 48.0 Å². The zero-order valence-corrected chi connectivity index (χ0v) is 13.7. The Kier molecular flexibility index (Phi) is 4.69. The Bertz CT molecular complexity index is 784. The number of para-hydroxylation sites is 1. The maximum atomic E-state index is 10.7. The van der Waals surface area contributed by atoms with Crippen LogP contribution < -0.4 is 21.5 Å². The number of rotatable bonds is 3. The maximum Gasteiger partial charge on any atom is 0.269 e. The first-order valence-electron chi connectivity index (χ1n) is 6.25. The minimum atomic E-state index is -0.374. The molecule has 2 aromatic carbocycles. The van der Waals surface area contributed by atoms with E-state index in [1.165, 1.54) is 15.8 Å². The number of non-ortho nitro benzene ring substituents is 1. The van der Waals surface area contributed by atoms with Gasteiger partial charge in [-0.25, -0.2) is 0 Å². The Balaban J connectivity index is 0.00000161. The Morgan fingerprint density at radius 1 is 1.19 bits per heavy atom. The van der Waals surface area contributed by atoms with Crippen molar-refractivity contribution in [1.29, 1.82) is 0 Å². The fourth-order valence-corrected chi connectivity index (χ4v) is 3.27. The van der Waals surface area contributed by atoms with Gasteiger partial charge in [-0.15, -0.1) is 0 Å². The van der Waals surface area contributed by atoms with E-state index >= 15 is 0 Å². The van der Waals surface area contributed by atoms with Crippen molar-refractivity contribution in [1.82, 2.24) is 0 Å². The van der Waals surface area contributed by atoms with Gasteiger partial charge in [0.15, 0.2) is 6.54 Å². The number of thiazole rings is 1. The van der Waals surface area contributed by atoms with Gasteiger partial charge in [0, 0.05) is 23.3 Å².